The van der Waals surface area contributed by atoms with Gasteiger partial charge in [0, 0.05) is 11.9 Å². The minimum atomic E-state index is -0.887. The minimum absolute atomic E-state index is 0.0317. The van der Waals surface area contributed by atoms with Gasteiger partial charge in [0.2, 0.25) is 5.78 Å². The Morgan fingerprint density at radius 2 is 1.75 bits per heavy atom. The third-order valence-corrected chi connectivity index (χ3v) is 6.28. The predicted octanol–water partition coefficient (Wildman–Crippen LogP) is 5.36. The van der Waals surface area contributed by atoms with Crippen molar-refractivity contribution < 1.29 is 29.0 Å². The topological polar surface area (TPSA) is 100 Å². The van der Waals surface area contributed by atoms with Crippen molar-refractivity contribution >= 4 is 22.7 Å². The highest BCUT2D eigenvalue weighted by molar-refractivity contribution is 6.16. The molecule has 182 valence electrons. The van der Waals surface area contributed by atoms with E-state index in [4.69, 9.17) is 9.15 Å². The molecule has 1 atom stereocenters. The Morgan fingerprint density at radius 3 is 2.50 bits per heavy atom. The monoisotopic (exact) mass is 483 g/mol. The number of benzene rings is 3. The van der Waals surface area contributed by atoms with Gasteiger partial charge in [-0.05, 0) is 48.7 Å². The number of aliphatic hydroxyl groups is 1. The molecule has 5 rings (SSSR count). The number of hydrogen-bond donors (Lipinski definition) is 2. The van der Waals surface area contributed by atoms with Crippen molar-refractivity contribution in [1.29, 1.82) is 0 Å². The molecule has 0 aliphatic carbocycles. The van der Waals surface area contributed by atoms with Gasteiger partial charge < -0.3 is 24.3 Å². The van der Waals surface area contributed by atoms with Crippen molar-refractivity contribution in [1.82, 2.24) is 4.90 Å². The molecule has 7 nitrogen and oxygen atoms in total. The second kappa shape index (κ2) is 9.62. The zero-order valence-electron chi connectivity index (χ0n) is 19.7. The SMILES string of the molecule is CCOc1cc(C2C(C(=O)c3cc4ccccc4o3)=C(O)C(=O)N2CCc2ccccc2)ccc1O. The molecule has 0 saturated carbocycles. The summed E-state index contributed by atoms with van der Waals surface area (Å²) in [5.41, 5.74) is 2.01. The number of aliphatic hydroxyl groups excluding tert-OH is 1. The lowest BCUT2D eigenvalue weighted by molar-refractivity contribution is -0.129. The van der Waals surface area contributed by atoms with Gasteiger partial charge in [0.15, 0.2) is 23.0 Å². The van der Waals surface area contributed by atoms with Crippen LogP contribution in [-0.2, 0) is 11.2 Å². The van der Waals surface area contributed by atoms with Gasteiger partial charge in [0.1, 0.15) is 5.58 Å². The summed E-state index contributed by atoms with van der Waals surface area (Å²) in [4.78, 5) is 28.4. The smallest absolute Gasteiger partial charge is 0.290 e. The third-order valence-electron chi connectivity index (χ3n) is 6.28. The maximum absolute atomic E-state index is 13.7. The standard InChI is InChI=1S/C29H25NO6/c1-2-35-23-17-20(12-13-21(23)31)26-25(27(32)24-16-19-10-6-7-11-22(19)36-24)28(33)29(34)30(26)15-14-18-8-4-3-5-9-18/h3-13,16-17,26,31,33H,2,14-15H2,1H3. The first kappa shape index (κ1) is 23.2. The van der Waals surface area contributed by atoms with E-state index in [9.17, 15) is 19.8 Å². The maximum atomic E-state index is 13.7. The molecule has 1 amide bonds. The molecule has 2 N–H and O–H groups in total. The first-order chi connectivity index (χ1) is 17.5. The number of aromatic hydroxyl groups is 1. The summed E-state index contributed by atoms with van der Waals surface area (Å²) < 4.78 is 11.3. The average Bonchev–Trinajstić information content (AvgIpc) is 3.44. The van der Waals surface area contributed by atoms with Gasteiger partial charge in [-0.15, -0.1) is 0 Å². The number of rotatable bonds is 8. The normalized spacial score (nSPS) is 15.6. The van der Waals surface area contributed by atoms with Crippen LogP contribution in [0.25, 0.3) is 11.0 Å². The molecule has 7 heteroatoms. The van der Waals surface area contributed by atoms with Crippen LogP contribution in [0.2, 0.25) is 0 Å². The summed E-state index contributed by atoms with van der Waals surface area (Å²) in [6, 6.07) is 22.3. The number of phenolic OH excluding ortho intramolecular Hbond substituents is 1. The number of para-hydroxylation sites is 1. The molecule has 1 aliphatic heterocycles. The van der Waals surface area contributed by atoms with Crippen molar-refractivity contribution in [2.75, 3.05) is 13.2 Å². The van der Waals surface area contributed by atoms with Crippen LogP contribution >= 0.6 is 0 Å². The molecule has 0 bridgehead atoms. The summed E-state index contributed by atoms with van der Waals surface area (Å²) >= 11 is 0. The Hall–Kier alpha value is -4.52. The van der Waals surface area contributed by atoms with Gasteiger partial charge in [0.25, 0.3) is 5.91 Å². The quantitative estimate of drug-likeness (QED) is 0.327. The number of furan rings is 1. The van der Waals surface area contributed by atoms with Crippen molar-refractivity contribution in [2.45, 2.75) is 19.4 Å². The fraction of sp³-hybridized carbons (Fsp3) is 0.172. The van der Waals surface area contributed by atoms with Crippen molar-refractivity contribution in [3.8, 4) is 11.5 Å². The molecule has 0 radical (unpaired) electrons. The highest BCUT2D eigenvalue weighted by Crippen LogP contribution is 2.42. The number of hydrogen-bond acceptors (Lipinski definition) is 6. The molecule has 36 heavy (non-hydrogen) atoms. The number of ketones is 1. The lowest BCUT2D eigenvalue weighted by Crippen LogP contribution is -2.33. The number of ether oxygens (including phenoxy) is 1. The minimum Gasteiger partial charge on any atom is -0.504 e. The lowest BCUT2D eigenvalue weighted by atomic mass is 9.94. The molecule has 1 aliphatic rings. The zero-order chi connectivity index (χ0) is 25.2. The summed E-state index contributed by atoms with van der Waals surface area (Å²) in [5.74, 6) is -1.61. The van der Waals surface area contributed by atoms with Crippen LogP contribution in [0.5, 0.6) is 11.5 Å². The van der Waals surface area contributed by atoms with Gasteiger partial charge in [-0.3, -0.25) is 9.59 Å². The van der Waals surface area contributed by atoms with Gasteiger partial charge in [0.05, 0.1) is 18.2 Å². The van der Waals surface area contributed by atoms with E-state index in [0.717, 1.165) is 10.9 Å². The van der Waals surface area contributed by atoms with E-state index >= 15 is 0 Å². The first-order valence-corrected chi connectivity index (χ1v) is 11.7. The number of nitrogens with zero attached hydrogens (tertiary/aromatic N) is 1. The summed E-state index contributed by atoms with van der Waals surface area (Å²) in [6.45, 7) is 2.38. The Kier molecular flexibility index (Phi) is 6.21. The molecular formula is C29H25NO6. The van der Waals surface area contributed by atoms with E-state index in [0.29, 0.717) is 24.2 Å². The third kappa shape index (κ3) is 4.20. The molecule has 0 saturated heterocycles. The number of carbonyl (C=O) groups excluding carboxylic acids is 2. The van der Waals surface area contributed by atoms with E-state index in [1.807, 2.05) is 42.5 Å². The van der Waals surface area contributed by atoms with Crippen molar-refractivity contribution in [3.63, 3.8) is 0 Å². The molecule has 3 aromatic carbocycles. The molecular weight excluding hydrogens is 458 g/mol. The second-order valence-electron chi connectivity index (χ2n) is 8.54. The Bertz CT molecular complexity index is 1440. The number of carbonyl (C=O) groups is 2. The van der Waals surface area contributed by atoms with Gasteiger partial charge in [-0.2, -0.15) is 0 Å². The van der Waals surface area contributed by atoms with Crippen LogP contribution in [0.3, 0.4) is 0 Å². The average molecular weight is 484 g/mol. The van der Waals surface area contributed by atoms with E-state index in [1.54, 1.807) is 37.3 Å². The molecule has 4 aromatic rings. The number of Topliss-reactive ketones (excluding diaryl/α,β-unsaturated/α-hetero) is 1. The van der Waals surface area contributed by atoms with Crippen molar-refractivity contribution in [2.24, 2.45) is 0 Å². The van der Waals surface area contributed by atoms with Gasteiger partial charge >= 0.3 is 0 Å². The van der Waals surface area contributed by atoms with E-state index in [1.165, 1.54) is 11.0 Å². The van der Waals surface area contributed by atoms with Crippen LogP contribution in [0.4, 0.5) is 0 Å². The number of phenols is 1. The van der Waals surface area contributed by atoms with Gasteiger partial charge in [-0.1, -0.05) is 54.6 Å². The molecule has 1 aromatic heterocycles. The van der Waals surface area contributed by atoms with Crippen LogP contribution < -0.4 is 4.74 Å². The lowest BCUT2D eigenvalue weighted by Gasteiger charge is -2.27. The Balaban J connectivity index is 1.57. The molecule has 0 fully saturated rings. The summed E-state index contributed by atoms with van der Waals surface area (Å²) in [7, 11) is 0. The number of amides is 1. The summed E-state index contributed by atoms with van der Waals surface area (Å²) in [5, 5.41) is 21.9. The highest BCUT2D eigenvalue weighted by Gasteiger charge is 2.44. The molecule has 2 heterocycles. The summed E-state index contributed by atoms with van der Waals surface area (Å²) in [6.07, 6.45) is 0.527. The predicted molar refractivity (Wildman–Crippen MR) is 134 cm³/mol. The number of fused-ring (bicyclic) bond motifs is 1. The van der Waals surface area contributed by atoms with Crippen molar-refractivity contribution in [3.05, 3.63) is 107 Å². The largest absolute Gasteiger partial charge is 0.504 e. The Labute approximate surface area is 207 Å². The van der Waals surface area contributed by atoms with Crippen LogP contribution in [-0.4, -0.2) is 40.0 Å². The fourth-order valence-corrected chi connectivity index (χ4v) is 4.56. The molecule has 1 unspecified atom stereocenters. The Morgan fingerprint density at radius 1 is 1.00 bits per heavy atom. The van der Waals surface area contributed by atoms with E-state index in [2.05, 4.69) is 0 Å². The van der Waals surface area contributed by atoms with Crippen LogP contribution in [0.15, 0.2) is 94.6 Å². The van der Waals surface area contributed by atoms with E-state index in [-0.39, 0.29) is 29.4 Å². The maximum Gasteiger partial charge on any atom is 0.290 e. The second-order valence-corrected chi connectivity index (χ2v) is 8.54. The highest BCUT2D eigenvalue weighted by atomic mass is 16.5. The van der Waals surface area contributed by atoms with Crippen LogP contribution in [0, 0.1) is 0 Å². The molecule has 0 spiro atoms. The fourth-order valence-electron chi connectivity index (χ4n) is 4.56. The van der Waals surface area contributed by atoms with Gasteiger partial charge in [-0.25, -0.2) is 0 Å². The van der Waals surface area contributed by atoms with Crippen LogP contribution in [0.1, 0.15) is 34.6 Å². The first-order valence-electron chi connectivity index (χ1n) is 11.7. The van der Waals surface area contributed by atoms with E-state index < -0.39 is 23.5 Å². The zero-order valence-corrected chi connectivity index (χ0v) is 19.7.